The Morgan fingerprint density at radius 3 is 2.23 bits per heavy atom. The summed E-state index contributed by atoms with van der Waals surface area (Å²) < 4.78 is 8.98. The van der Waals surface area contributed by atoms with Crippen molar-refractivity contribution in [1.29, 1.82) is 0 Å². The maximum Gasteiger partial charge on any atom is 0.161 e. The van der Waals surface area contributed by atoms with Crippen molar-refractivity contribution in [3.8, 4) is 11.1 Å². The van der Waals surface area contributed by atoms with Crippen LogP contribution in [-0.2, 0) is 12.1 Å². The number of hydrogen-bond donors (Lipinski definition) is 0. The second kappa shape index (κ2) is 11.4. The van der Waals surface area contributed by atoms with Crippen LogP contribution in [0.4, 0.5) is 0 Å². The fourth-order valence-electron chi connectivity index (χ4n) is 8.30. The molecule has 10 rings (SSSR count). The maximum atomic E-state index is 6.74. The summed E-state index contributed by atoms with van der Waals surface area (Å²) in [5.74, 6) is 1.09. The summed E-state index contributed by atoms with van der Waals surface area (Å²) in [7, 11) is 0. The van der Waals surface area contributed by atoms with E-state index in [-0.39, 0.29) is 12.1 Å². The van der Waals surface area contributed by atoms with Crippen LogP contribution in [0.25, 0.3) is 65.6 Å². The van der Waals surface area contributed by atoms with Crippen LogP contribution in [0.1, 0.15) is 36.1 Å². The van der Waals surface area contributed by atoms with Crippen LogP contribution in [0.5, 0.6) is 0 Å². The number of pyridine rings is 1. The first-order valence-electron chi connectivity index (χ1n) is 17.5. The lowest BCUT2D eigenvalue weighted by Gasteiger charge is -2.22. The molecule has 3 heterocycles. The van der Waals surface area contributed by atoms with Gasteiger partial charge in [0.25, 0.3) is 0 Å². The number of nitrogens with zero attached hydrogens (tertiary/aromatic N) is 5. The second-order valence-electron chi connectivity index (χ2n) is 13.9. The molecular formula is C46H33N5O. The quantitative estimate of drug-likeness (QED) is 0.138. The van der Waals surface area contributed by atoms with Crippen LogP contribution in [0.3, 0.4) is 0 Å². The number of rotatable bonds is 4. The van der Waals surface area contributed by atoms with Gasteiger partial charge in [0.2, 0.25) is 0 Å². The molecular weight excluding hydrogens is 639 g/mol. The Labute approximate surface area is 300 Å². The number of benzene rings is 6. The highest BCUT2D eigenvalue weighted by molar-refractivity contribution is 6.34. The number of para-hydroxylation sites is 1. The molecule has 0 unspecified atom stereocenters. The summed E-state index contributed by atoms with van der Waals surface area (Å²) in [5.41, 5.74) is 10.4. The first-order chi connectivity index (χ1) is 25.5. The highest BCUT2D eigenvalue weighted by atomic mass is 16.3. The maximum absolute atomic E-state index is 6.74. The SMILES string of the molecule is C=NC(=NC(=NCn1c2ccncc2c2c3ccccc3c3c4ccccc4oc3c21)c1ccc2c(c1)C(C)(C)c1ccccc1-2)c1ccccc1. The van der Waals surface area contributed by atoms with E-state index in [0.717, 1.165) is 65.6 Å². The van der Waals surface area contributed by atoms with Gasteiger partial charge in [-0.15, -0.1) is 0 Å². The third-order valence-corrected chi connectivity index (χ3v) is 10.7. The summed E-state index contributed by atoms with van der Waals surface area (Å²) >= 11 is 0. The van der Waals surface area contributed by atoms with E-state index in [1.807, 2.05) is 54.9 Å². The van der Waals surface area contributed by atoms with Crippen molar-refractivity contribution in [3.05, 3.63) is 162 Å². The average molecular weight is 672 g/mol. The molecule has 0 bridgehead atoms. The Kier molecular flexibility index (Phi) is 6.64. The normalized spacial score (nSPS) is 14.1. The Morgan fingerprint density at radius 1 is 0.692 bits per heavy atom. The van der Waals surface area contributed by atoms with Gasteiger partial charge >= 0.3 is 0 Å². The van der Waals surface area contributed by atoms with Crippen molar-refractivity contribution < 1.29 is 4.42 Å². The summed E-state index contributed by atoms with van der Waals surface area (Å²) in [6.07, 6.45) is 3.79. The fraction of sp³-hybridized carbons (Fsp3) is 0.0870. The molecule has 0 saturated carbocycles. The van der Waals surface area contributed by atoms with E-state index in [1.165, 1.54) is 22.3 Å². The smallest absolute Gasteiger partial charge is 0.161 e. The Bertz CT molecular complexity index is 2980. The number of furan rings is 1. The van der Waals surface area contributed by atoms with Gasteiger partial charge in [-0.25, -0.2) is 15.0 Å². The molecule has 6 aromatic carbocycles. The molecule has 1 aliphatic carbocycles. The van der Waals surface area contributed by atoms with E-state index in [1.54, 1.807) is 0 Å². The predicted molar refractivity (Wildman–Crippen MR) is 215 cm³/mol. The van der Waals surface area contributed by atoms with Crippen molar-refractivity contribution in [1.82, 2.24) is 9.55 Å². The van der Waals surface area contributed by atoms with Crippen molar-refractivity contribution in [2.75, 3.05) is 0 Å². The van der Waals surface area contributed by atoms with Gasteiger partial charge in [0.1, 0.15) is 12.3 Å². The molecule has 0 atom stereocenters. The van der Waals surface area contributed by atoms with E-state index < -0.39 is 0 Å². The molecule has 9 aromatic rings. The van der Waals surface area contributed by atoms with Gasteiger partial charge in [-0.2, -0.15) is 0 Å². The third-order valence-electron chi connectivity index (χ3n) is 10.7. The van der Waals surface area contributed by atoms with Gasteiger partial charge < -0.3 is 8.98 Å². The molecule has 0 saturated heterocycles. The summed E-state index contributed by atoms with van der Waals surface area (Å²) in [4.78, 5) is 19.5. The number of aliphatic imine (C=N–C) groups is 3. The average Bonchev–Trinajstić information content (AvgIpc) is 3.82. The number of fused-ring (bicyclic) bond motifs is 13. The molecule has 0 spiro atoms. The van der Waals surface area contributed by atoms with Gasteiger partial charge in [-0.3, -0.25) is 4.98 Å². The second-order valence-corrected chi connectivity index (χ2v) is 13.9. The van der Waals surface area contributed by atoms with Crippen LogP contribution in [0.2, 0.25) is 0 Å². The van der Waals surface area contributed by atoms with Gasteiger partial charge in [-0.05, 0) is 57.9 Å². The lowest BCUT2D eigenvalue weighted by atomic mass is 9.82. The molecule has 248 valence electrons. The predicted octanol–water partition coefficient (Wildman–Crippen LogP) is 11.1. The zero-order chi connectivity index (χ0) is 35.0. The highest BCUT2D eigenvalue weighted by Gasteiger charge is 2.35. The first kappa shape index (κ1) is 30.2. The lowest BCUT2D eigenvalue weighted by Crippen LogP contribution is -2.16. The standard InChI is InChI=1S/C46H33N5O/c1-46(2)36-19-11-9-15-30(36)31-22-21-29(25-37(31)46)45(50-44(47-3)28-13-5-4-6-14-28)49-27-51-38-23-24-48-26-35(38)40-32-16-7-8-17-33(32)41-34-18-10-12-20-39(34)52-43(41)42(40)51/h4-26H,3,27H2,1-2H3. The topological polar surface area (TPSA) is 68.0 Å². The third kappa shape index (κ3) is 4.37. The Balaban J connectivity index is 1.24. The molecule has 1 aliphatic rings. The van der Waals surface area contributed by atoms with E-state index in [0.29, 0.717) is 11.7 Å². The molecule has 6 nitrogen and oxygen atoms in total. The van der Waals surface area contributed by atoms with Gasteiger partial charge in [0, 0.05) is 50.5 Å². The molecule has 3 aromatic heterocycles. The minimum Gasteiger partial charge on any atom is -0.454 e. The van der Waals surface area contributed by atoms with Crippen LogP contribution >= 0.6 is 0 Å². The molecule has 0 N–H and O–H groups in total. The van der Waals surface area contributed by atoms with Gasteiger partial charge in [-0.1, -0.05) is 123 Å². The van der Waals surface area contributed by atoms with E-state index in [2.05, 4.69) is 120 Å². The molecule has 0 aliphatic heterocycles. The molecule has 6 heteroatoms. The van der Waals surface area contributed by atoms with E-state index >= 15 is 0 Å². The number of amidine groups is 2. The summed E-state index contributed by atoms with van der Waals surface area (Å²) in [5, 5.41) is 6.63. The zero-order valence-corrected chi connectivity index (χ0v) is 28.8. The van der Waals surface area contributed by atoms with Crippen molar-refractivity contribution in [2.24, 2.45) is 15.0 Å². The van der Waals surface area contributed by atoms with Gasteiger partial charge in [0.05, 0.1) is 11.0 Å². The summed E-state index contributed by atoms with van der Waals surface area (Å²) in [6.45, 7) is 8.77. The lowest BCUT2D eigenvalue weighted by molar-refractivity contribution is 0.660. The number of hydrogen-bond acceptors (Lipinski definition) is 3. The van der Waals surface area contributed by atoms with Crippen LogP contribution < -0.4 is 0 Å². The van der Waals surface area contributed by atoms with E-state index in [4.69, 9.17) is 14.4 Å². The van der Waals surface area contributed by atoms with Crippen LogP contribution in [-0.4, -0.2) is 27.9 Å². The van der Waals surface area contributed by atoms with Crippen molar-refractivity contribution in [3.63, 3.8) is 0 Å². The Hall–Kier alpha value is -6.66. The van der Waals surface area contributed by atoms with Crippen LogP contribution in [0, 0.1) is 0 Å². The number of aromatic nitrogens is 2. The summed E-state index contributed by atoms with van der Waals surface area (Å²) in [6, 6.07) is 44.1. The zero-order valence-electron chi connectivity index (χ0n) is 28.8. The van der Waals surface area contributed by atoms with Crippen molar-refractivity contribution in [2.45, 2.75) is 25.9 Å². The highest BCUT2D eigenvalue weighted by Crippen LogP contribution is 2.49. The minimum absolute atomic E-state index is 0.177. The Morgan fingerprint density at radius 2 is 1.40 bits per heavy atom. The molecule has 0 fully saturated rings. The molecule has 0 amide bonds. The molecule has 52 heavy (non-hydrogen) atoms. The van der Waals surface area contributed by atoms with Crippen LogP contribution in [0.15, 0.2) is 159 Å². The van der Waals surface area contributed by atoms with Gasteiger partial charge in [0.15, 0.2) is 17.3 Å². The molecule has 0 radical (unpaired) electrons. The van der Waals surface area contributed by atoms with Crippen molar-refractivity contribution >= 4 is 72.9 Å². The monoisotopic (exact) mass is 671 g/mol. The largest absolute Gasteiger partial charge is 0.454 e. The van der Waals surface area contributed by atoms with E-state index in [9.17, 15) is 0 Å². The first-order valence-corrected chi connectivity index (χ1v) is 17.5. The fourth-order valence-corrected chi connectivity index (χ4v) is 8.30. The minimum atomic E-state index is -0.177.